The summed E-state index contributed by atoms with van der Waals surface area (Å²) in [5, 5.41) is 11.8. The molecule has 0 aromatic carbocycles. The number of rotatable bonds is 5. The van der Waals surface area contributed by atoms with E-state index in [4.69, 9.17) is 0 Å². The largest absolute Gasteiger partial charge is 0.480 e. The summed E-state index contributed by atoms with van der Waals surface area (Å²) in [6, 6.07) is -0.883. The zero-order valence-electron chi connectivity index (χ0n) is 13.3. The molecule has 6 heteroatoms. The third-order valence-corrected chi connectivity index (χ3v) is 3.83. The zero-order valence-corrected chi connectivity index (χ0v) is 13.3. The molecule has 0 aliphatic carbocycles. The van der Waals surface area contributed by atoms with E-state index in [9.17, 15) is 19.5 Å². The van der Waals surface area contributed by atoms with E-state index in [1.807, 2.05) is 20.8 Å². The van der Waals surface area contributed by atoms with Gasteiger partial charge in [0, 0.05) is 25.9 Å². The molecule has 2 atom stereocenters. The van der Waals surface area contributed by atoms with Crippen LogP contribution in [0.15, 0.2) is 0 Å². The van der Waals surface area contributed by atoms with Crippen LogP contribution in [0.2, 0.25) is 0 Å². The van der Waals surface area contributed by atoms with Gasteiger partial charge in [0.25, 0.3) is 0 Å². The minimum absolute atomic E-state index is 0.0158. The van der Waals surface area contributed by atoms with Crippen molar-refractivity contribution in [1.29, 1.82) is 0 Å². The van der Waals surface area contributed by atoms with Crippen LogP contribution in [0.1, 0.15) is 46.5 Å². The summed E-state index contributed by atoms with van der Waals surface area (Å²) < 4.78 is 0. The number of aliphatic carboxylic acids is 1. The first-order valence-electron chi connectivity index (χ1n) is 7.37. The van der Waals surface area contributed by atoms with Gasteiger partial charge in [0.2, 0.25) is 11.8 Å². The number of nitrogens with one attached hydrogen (secondary N) is 1. The Morgan fingerprint density at radius 3 is 2.52 bits per heavy atom. The third kappa shape index (κ3) is 5.73. The van der Waals surface area contributed by atoms with Gasteiger partial charge in [-0.15, -0.1) is 0 Å². The maximum atomic E-state index is 12.1. The summed E-state index contributed by atoms with van der Waals surface area (Å²) in [6.07, 6.45) is 1.84. The molecule has 0 radical (unpaired) electrons. The van der Waals surface area contributed by atoms with Crippen LogP contribution in [0.4, 0.5) is 0 Å². The van der Waals surface area contributed by atoms with Crippen molar-refractivity contribution < 1.29 is 19.5 Å². The maximum Gasteiger partial charge on any atom is 0.326 e. The lowest BCUT2D eigenvalue weighted by Crippen LogP contribution is -2.47. The van der Waals surface area contributed by atoms with E-state index in [2.05, 4.69) is 5.32 Å². The molecule has 2 amide bonds. The van der Waals surface area contributed by atoms with Gasteiger partial charge in [-0.05, 0) is 24.7 Å². The number of hydrogen-bond donors (Lipinski definition) is 2. The smallest absolute Gasteiger partial charge is 0.326 e. The summed E-state index contributed by atoms with van der Waals surface area (Å²) in [7, 11) is 1.71. The molecular weight excluding hydrogens is 272 g/mol. The molecule has 0 saturated carbocycles. The first-order chi connectivity index (χ1) is 9.60. The molecule has 120 valence electrons. The number of hydrogen-bond acceptors (Lipinski definition) is 3. The van der Waals surface area contributed by atoms with E-state index in [1.54, 1.807) is 11.9 Å². The van der Waals surface area contributed by atoms with E-state index in [0.29, 0.717) is 25.8 Å². The molecule has 6 nitrogen and oxygen atoms in total. The Kier molecular flexibility index (Phi) is 5.75. The van der Waals surface area contributed by atoms with Gasteiger partial charge >= 0.3 is 5.97 Å². The maximum absolute atomic E-state index is 12.1. The average Bonchev–Trinajstić information content (AvgIpc) is 2.36. The van der Waals surface area contributed by atoms with Gasteiger partial charge in [-0.3, -0.25) is 9.59 Å². The third-order valence-electron chi connectivity index (χ3n) is 3.83. The summed E-state index contributed by atoms with van der Waals surface area (Å²) >= 11 is 0. The van der Waals surface area contributed by atoms with Crippen LogP contribution in [-0.4, -0.2) is 47.4 Å². The fraction of sp³-hybridized carbons (Fsp3) is 0.800. The Morgan fingerprint density at radius 1 is 1.43 bits per heavy atom. The van der Waals surface area contributed by atoms with Gasteiger partial charge in [0.1, 0.15) is 6.04 Å². The van der Waals surface area contributed by atoms with Crippen molar-refractivity contribution in [3.05, 3.63) is 0 Å². The molecule has 1 aliphatic rings. The summed E-state index contributed by atoms with van der Waals surface area (Å²) in [4.78, 5) is 36.6. The van der Waals surface area contributed by atoms with Gasteiger partial charge < -0.3 is 15.3 Å². The van der Waals surface area contributed by atoms with Crippen molar-refractivity contribution in [2.75, 3.05) is 13.6 Å². The van der Waals surface area contributed by atoms with Crippen molar-refractivity contribution in [1.82, 2.24) is 10.2 Å². The van der Waals surface area contributed by atoms with E-state index < -0.39 is 17.9 Å². The van der Waals surface area contributed by atoms with Gasteiger partial charge in [-0.1, -0.05) is 20.8 Å². The molecule has 21 heavy (non-hydrogen) atoms. The minimum Gasteiger partial charge on any atom is -0.480 e. The molecule has 1 rings (SSSR count). The lowest BCUT2D eigenvalue weighted by Gasteiger charge is -2.29. The molecule has 0 aromatic rings. The number of carboxylic acids is 1. The summed E-state index contributed by atoms with van der Waals surface area (Å²) in [6.45, 7) is 6.63. The predicted molar refractivity (Wildman–Crippen MR) is 78.6 cm³/mol. The molecule has 1 aliphatic heterocycles. The summed E-state index contributed by atoms with van der Waals surface area (Å²) in [5.74, 6) is -1.82. The highest BCUT2D eigenvalue weighted by molar-refractivity contribution is 5.89. The Balaban J connectivity index is 2.56. The van der Waals surface area contributed by atoms with Crippen LogP contribution in [0.3, 0.4) is 0 Å². The van der Waals surface area contributed by atoms with Crippen molar-refractivity contribution >= 4 is 17.8 Å². The lowest BCUT2D eigenvalue weighted by atomic mass is 9.88. The number of carboxylic acid groups (broad SMARTS) is 1. The van der Waals surface area contributed by atoms with Gasteiger partial charge in [-0.2, -0.15) is 0 Å². The standard InChI is InChI=1S/C15H26N2O4/c1-15(2,3)7-5-11(14(20)21)16-13(19)10-6-8-17(4)12(18)9-10/h10-11H,5-9H2,1-4H3,(H,16,19)(H,20,21). The van der Waals surface area contributed by atoms with Gasteiger partial charge in [-0.25, -0.2) is 4.79 Å². The van der Waals surface area contributed by atoms with E-state index in [-0.39, 0.29) is 23.7 Å². The van der Waals surface area contributed by atoms with Gasteiger partial charge in [0.05, 0.1) is 0 Å². The van der Waals surface area contributed by atoms with Crippen LogP contribution in [0, 0.1) is 11.3 Å². The molecule has 1 saturated heterocycles. The Morgan fingerprint density at radius 2 is 2.05 bits per heavy atom. The first-order valence-corrected chi connectivity index (χ1v) is 7.37. The summed E-state index contributed by atoms with van der Waals surface area (Å²) in [5.41, 5.74) is 0.0158. The van der Waals surface area contributed by atoms with E-state index in [0.717, 1.165) is 0 Å². The highest BCUT2D eigenvalue weighted by Gasteiger charge is 2.31. The van der Waals surface area contributed by atoms with Crippen molar-refractivity contribution in [2.24, 2.45) is 11.3 Å². The Bertz CT molecular complexity index is 414. The fourth-order valence-corrected chi connectivity index (χ4v) is 2.29. The molecule has 2 unspecified atom stereocenters. The monoisotopic (exact) mass is 298 g/mol. The van der Waals surface area contributed by atoms with Crippen LogP contribution in [-0.2, 0) is 14.4 Å². The number of carbonyl (C=O) groups is 3. The second kappa shape index (κ2) is 6.91. The van der Waals surface area contributed by atoms with Crippen molar-refractivity contribution in [3.63, 3.8) is 0 Å². The van der Waals surface area contributed by atoms with Crippen LogP contribution >= 0.6 is 0 Å². The number of likely N-dealkylation sites (tertiary alicyclic amines) is 1. The second-order valence-electron chi connectivity index (χ2n) is 7.00. The molecule has 0 bridgehead atoms. The van der Waals surface area contributed by atoms with Crippen LogP contribution in [0.5, 0.6) is 0 Å². The fourth-order valence-electron chi connectivity index (χ4n) is 2.29. The van der Waals surface area contributed by atoms with Gasteiger partial charge in [0.15, 0.2) is 0 Å². The average molecular weight is 298 g/mol. The molecular formula is C15H26N2O4. The quantitative estimate of drug-likeness (QED) is 0.799. The molecule has 0 spiro atoms. The SMILES string of the molecule is CN1CCC(C(=O)NC(CCC(C)(C)C)C(=O)O)CC1=O. The minimum atomic E-state index is -1.02. The zero-order chi connectivity index (χ0) is 16.2. The van der Waals surface area contributed by atoms with E-state index in [1.165, 1.54) is 0 Å². The molecule has 1 fully saturated rings. The number of piperidine rings is 1. The number of carbonyl (C=O) groups excluding carboxylic acids is 2. The second-order valence-corrected chi connectivity index (χ2v) is 7.00. The Labute approximate surface area is 125 Å². The first kappa shape index (κ1) is 17.5. The van der Waals surface area contributed by atoms with Crippen LogP contribution in [0.25, 0.3) is 0 Å². The molecule has 2 N–H and O–H groups in total. The number of amides is 2. The Hall–Kier alpha value is -1.59. The van der Waals surface area contributed by atoms with Crippen LogP contribution < -0.4 is 5.32 Å². The highest BCUT2D eigenvalue weighted by Crippen LogP contribution is 2.22. The molecule has 1 heterocycles. The van der Waals surface area contributed by atoms with E-state index >= 15 is 0 Å². The normalized spacial score (nSPS) is 21.0. The number of nitrogens with zero attached hydrogens (tertiary/aromatic N) is 1. The highest BCUT2D eigenvalue weighted by atomic mass is 16.4. The molecule has 0 aromatic heterocycles. The lowest BCUT2D eigenvalue weighted by molar-refractivity contribution is -0.144. The topological polar surface area (TPSA) is 86.7 Å². The van der Waals surface area contributed by atoms with Crippen molar-refractivity contribution in [3.8, 4) is 0 Å². The van der Waals surface area contributed by atoms with Crippen molar-refractivity contribution in [2.45, 2.75) is 52.5 Å². The predicted octanol–water partition coefficient (Wildman–Crippen LogP) is 1.25.